The van der Waals surface area contributed by atoms with Crippen molar-refractivity contribution in [1.29, 1.82) is 0 Å². The molecule has 4 heterocycles. The van der Waals surface area contributed by atoms with E-state index in [0.29, 0.717) is 0 Å². The zero-order valence-electron chi connectivity index (χ0n) is 17.1. The zero-order valence-corrected chi connectivity index (χ0v) is 17.9. The number of hydrogen-bond donors (Lipinski definition) is 0. The molecule has 0 aliphatic carbocycles. The van der Waals surface area contributed by atoms with Crippen LogP contribution in [0, 0.1) is 5.92 Å². The van der Waals surface area contributed by atoms with Crippen LogP contribution in [0.25, 0.3) is 21.3 Å². The van der Waals surface area contributed by atoms with Crippen LogP contribution in [0.5, 0.6) is 0 Å². The van der Waals surface area contributed by atoms with Crippen LogP contribution in [0.2, 0.25) is 0 Å². The summed E-state index contributed by atoms with van der Waals surface area (Å²) < 4.78 is 0. The Morgan fingerprint density at radius 3 is 2.48 bits per heavy atom. The highest BCUT2D eigenvalue weighted by molar-refractivity contribution is 7.17. The molecule has 2 saturated heterocycles. The number of aromatic nitrogens is 2. The first kappa shape index (κ1) is 19.0. The van der Waals surface area contributed by atoms with Crippen LogP contribution in [0.1, 0.15) is 12.8 Å². The van der Waals surface area contributed by atoms with Gasteiger partial charge in [0, 0.05) is 56.8 Å². The molecule has 3 aromatic rings. The molecule has 6 heteroatoms. The Bertz CT molecular complexity index is 940. The third-order valence-corrected chi connectivity index (χ3v) is 7.35. The first-order valence-electron chi connectivity index (χ1n) is 10.7. The van der Waals surface area contributed by atoms with Crippen molar-refractivity contribution in [3.05, 3.63) is 42.0 Å². The first-order valence-corrected chi connectivity index (χ1v) is 11.6. The van der Waals surface area contributed by atoms with Crippen molar-refractivity contribution in [2.75, 3.05) is 57.8 Å². The van der Waals surface area contributed by atoms with E-state index in [4.69, 9.17) is 4.98 Å². The summed E-state index contributed by atoms with van der Waals surface area (Å²) in [6, 6.07) is 10.6. The molecule has 0 N–H and O–H groups in total. The van der Waals surface area contributed by atoms with Crippen LogP contribution in [-0.2, 0) is 0 Å². The summed E-state index contributed by atoms with van der Waals surface area (Å²) in [6.45, 7) is 8.30. The largest absolute Gasteiger partial charge is 0.356 e. The highest BCUT2D eigenvalue weighted by atomic mass is 32.1. The highest BCUT2D eigenvalue weighted by Gasteiger charge is 2.25. The lowest BCUT2D eigenvalue weighted by atomic mass is 9.95. The van der Waals surface area contributed by atoms with Gasteiger partial charge in [-0.3, -0.25) is 0 Å². The summed E-state index contributed by atoms with van der Waals surface area (Å²) in [5.74, 6) is 1.93. The lowest BCUT2D eigenvalue weighted by Gasteiger charge is -2.38. The van der Waals surface area contributed by atoms with Crippen LogP contribution in [0.15, 0.2) is 42.0 Å². The molecule has 0 bridgehead atoms. The van der Waals surface area contributed by atoms with Crippen LogP contribution in [0.3, 0.4) is 0 Å². The predicted molar refractivity (Wildman–Crippen MR) is 122 cm³/mol. The van der Waals surface area contributed by atoms with Crippen molar-refractivity contribution in [3.63, 3.8) is 0 Å². The lowest BCUT2D eigenvalue weighted by Crippen LogP contribution is -2.47. The number of piperidine rings is 1. The van der Waals surface area contributed by atoms with Crippen LogP contribution < -0.4 is 4.90 Å². The molecule has 0 spiro atoms. The molecule has 152 valence electrons. The van der Waals surface area contributed by atoms with E-state index < -0.39 is 0 Å². The zero-order chi connectivity index (χ0) is 19.6. The normalized spacial score (nSPS) is 19.8. The maximum atomic E-state index is 4.74. The van der Waals surface area contributed by atoms with Gasteiger partial charge >= 0.3 is 0 Å². The molecule has 1 aromatic carbocycles. The Morgan fingerprint density at radius 1 is 0.966 bits per heavy atom. The molecule has 2 fully saturated rings. The fraction of sp³-hybridized carbons (Fsp3) is 0.478. The molecule has 29 heavy (non-hydrogen) atoms. The van der Waals surface area contributed by atoms with Gasteiger partial charge in [0.05, 0.1) is 5.39 Å². The molecule has 2 aliphatic rings. The Labute approximate surface area is 177 Å². The van der Waals surface area contributed by atoms with Crippen molar-refractivity contribution >= 4 is 27.4 Å². The molecule has 0 radical (unpaired) electrons. The van der Waals surface area contributed by atoms with Crippen LogP contribution in [0.4, 0.5) is 5.82 Å². The van der Waals surface area contributed by atoms with Crippen LogP contribution >= 0.6 is 11.3 Å². The van der Waals surface area contributed by atoms with Gasteiger partial charge in [-0.05, 0) is 31.4 Å². The van der Waals surface area contributed by atoms with Gasteiger partial charge < -0.3 is 14.7 Å². The number of thiophene rings is 1. The minimum Gasteiger partial charge on any atom is -0.356 e. The summed E-state index contributed by atoms with van der Waals surface area (Å²) in [6.07, 6.45) is 4.24. The minimum atomic E-state index is 0.808. The lowest BCUT2D eigenvalue weighted by molar-refractivity contribution is 0.129. The SMILES string of the molecule is CN1CCN(CC2CCN(c3ncnc4scc(-c5ccccc5)c34)CC2)CC1. The predicted octanol–water partition coefficient (Wildman–Crippen LogP) is 3.82. The van der Waals surface area contributed by atoms with Crippen molar-refractivity contribution < 1.29 is 0 Å². The van der Waals surface area contributed by atoms with Gasteiger partial charge in [0.25, 0.3) is 0 Å². The maximum Gasteiger partial charge on any atom is 0.141 e. The Balaban J connectivity index is 1.31. The van der Waals surface area contributed by atoms with E-state index in [9.17, 15) is 0 Å². The van der Waals surface area contributed by atoms with E-state index in [1.165, 1.54) is 62.1 Å². The molecular weight excluding hydrogens is 378 g/mol. The van der Waals surface area contributed by atoms with Gasteiger partial charge in [-0.25, -0.2) is 9.97 Å². The Hall–Kier alpha value is -2.02. The van der Waals surface area contributed by atoms with Gasteiger partial charge in [0.2, 0.25) is 0 Å². The monoisotopic (exact) mass is 407 g/mol. The van der Waals surface area contributed by atoms with Gasteiger partial charge in [0.1, 0.15) is 17.0 Å². The molecule has 0 amide bonds. The number of nitrogens with zero attached hydrogens (tertiary/aromatic N) is 5. The van der Waals surface area contributed by atoms with Crippen LogP contribution in [-0.4, -0.2) is 72.6 Å². The third-order valence-electron chi connectivity index (χ3n) is 6.46. The number of benzene rings is 1. The maximum absolute atomic E-state index is 4.74. The van der Waals surface area contributed by atoms with E-state index in [1.807, 2.05) is 0 Å². The molecule has 0 unspecified atom stereocenters. The molecule has 2 aliphatic heterocycles. The number of piperazine rings is 1. The summed E-state index contributed by atoms with van der Waals surface area (Å²) in [7, 11) is 2.23. The first-order chi connectivity index (χ1) is 14.3. The number of likely N-dealkylation sites (N-methyl/N-ethyl adjacent to an activating group) is 1. The summed E-state index contributed by atoms with van der Waals surface area (Å²) in [5, 5.41) is 3.46. The second-order valence-electron chi connectivity index (χ2n) is 8.43. The number of anilines is 1. The molecule has 5 rings (SSSR count). The third kappa shape index (κ3) is 4.02. The number of hydrogen-bond acceptors (Lipinski definition) is 6. The average Bonchev–Trinajstić information content (AvgIpc) is 3.21. The number of fused-ring (bicyclic) bond motifs is 1. The Morgan fingerprint density at radius 2 is 1.72 bits per heavy atom. The van der Waals surface area contributed by atoms with Crippen molar-refractivity contribution in [1.82, 2.24) is 19.8 Å². The van der Waals surface area contributed by atoms with E-state index in [2.05, 4.69) is 62.4 Å². The second kappa shape index (κ2) is 8.38. The van der Waals surface area contributed by atoms with Gasteiger partial charge in [0.15, 0.2) is 0 Å². The summed E-state index contributed by atoms with van der Waals surface area (Å²) in [5.41, 5.74) is 2.51. The second-order valence-corrected chi connectivity index (χ2v) is 9.29. The summed E-state index contributed by atoms with van der Waals surface area (Å²) in [4.78, 5) is 18.0. The summed E-state index contributed by atoms with van der Waals surface area (Å²) >= 11 is 1.72. The fourth-order valence-electron chi connectivity index (χ4n) is 4.65. The molecular formula is C23H29N5S. The van der Waals surface area contributed by atoms with Crippen molar-refractivity contribution in [2.45, 2.75) is 12.8 Å². The van der Waals surface area contributed by atoms with E-state index >= 15 is 0 Å². The van der Waals surface area contributed by atoms with Gasteiger partial charge in [-0.1, -0.05) is 30.3 Å². The number of rotatable bonds is 4. The molecule has 0 atom stereocenters. The smallest absolute Gasteiger partial charge is 0.141 e. The fourth-order valence-corrected chi connectivity index (χ4v) is 5.56. The van der Waals surface area contributed by atoms with Crippen molar-refractivity contribution in [3.8, 4) is 11.1 Å². The van der Waals surface area contributed by atoms with Gasteiger partial charge in [-0.2, -0.15) is 0 Å². The van der Waals surface area contributed by atoms with Gasteiger partial charge in [-0.15, -0.1) is 11.3 Å². The highest BCUT2D eigenvalue weighted by Crippen LogP contribution is 2.38. The average molecular weight is 408 g/mol. The quantitative estimate of drug-likeness (QED) is 0.657. The molecule has 0 saturated carbocycles. The van der Waals surface area contributed by atoms with E-state index in [0.717, 1.165) is 29.7 Å². The topological polar surface area (TPSA) is 35.5 Å². The van der Waals surface area contributed by atoms with E-state index in [1.54, 1.807) is 17.7 Å². The Kier molecular flexibility index (Phi) is 5.48. The minimum absolute atomic E-state index is 0.808. The van der Waals surface area contributed by atoms with Crippen molar-refractivity contribution in [2.24, 2.45) is 5.92 Å². The molecule has 5 nitrogen and oxygen atoms in total. The molecule has 2 aromatic heterocycles. The standard InChI is InChI=1S/C23H29N5S/c1-26-11-13-27(14-12-26)15-18-7-9-28(10-8-18)22-21-20(19-5-3-2-4-6-19)16-29-23(21)25-17-24-22/h2-6,16-18H,7-15H2,1H3. The van der Waals surface area contributed by atoms with E-state index in [-0.39, 0.29) is 0 Å².